The molecule has 4 aromatic heterocycles. The number of nitrogen functional groups attached to an aromatic ring is 1. The second kappa shape index (κ2) is 6.16. The van der Waals surface area contributed by atoms with Gasteiger partial charge in [-0.3, -0.25) is 9.20 Å². The first-order chi connectivity index (χ1) is 13.2. The van der Waals surface area contributed by atoms with Crippen LogP contribution in [0.3, 0.4) is 0 Å². The number of hydrogen-bond acceptors (Lipinski definition) is 8. The fourth-order valence-corrected chi connectivity index (χ4v) is 4.02. The number of nitrogens with zero attached hydrogens (tertiary/aromatic N) is 7. The Morgan fingerprint density at radius 2 is 1.96 bits per heavy atom. The Kier molecular flexibility index (Phi) is 3.64. The Bertz CT molecular complexity index is 1140. The largest absolute Gasteiger partial charge is 0.368 e. The molecule has 2 N–H and O–H groups in total. The van der Waals surface area contributed by atoms with E-state index in [1.165, 1.54) is 11.3 Å². The van der Waals surface area contributed by atoms with Crippen molar-refractivity contribution >= 4 is 45.0 Å². The third kappa shape index (κ3) is 2.65. The lowest BCUT2D eigenvalue weighted by Gasteiger charge is -2.35. The monoisotopic (exact) mass is 380 g/mol. The van der Waals surface area contributed by atoms with Crippen LogP contribution in [0.4, 0.5) is 11.8 Å². The first-order valence-corrected chi connectivity index (χ1v) is 9.42. The molecule has 0 bridgehead atoms. The van der Waals surface area contributed by atoms with E-state index >= 15 is 0 Å². The lowest BCUT2D eigenvalue weighted by molar-refractivity contribution is 0.0739. The standard InChI is InChI=1S/C17H16N8OS/c18-17-21-14(13-15(22-17)27-10-20-13)23-5-7-24(8-6-23)16(26)11-9-19-12-3-1-2-4-25(11)12/h1-4,9-10H,5-8H2,(H2,18,21,22). The van der Waals surface area contributed by atoms with Gasteiger partial charge in [0.05, 0.1) is 11.7 Å². The summed E-state index contributed by atoms with van der Waals surface area (Å²) in [6.45, 7) is 2.50. The molecule has 4 aromatic rings. The Balaban J connectivity index is 1.37. The maximum Gasteiger partial charge on any atom is 0.272 e. The smallest absolute Gasteiger partial charge is 0.272 e. The van der Waals surface area contributed by atoms with E-state index < -0.39 is 0 Å². The molecular formula is C17H16N8OS. The van der Waals surface area contributed by atoms with Crippen LogP contribution in [0.1, 0.15) is 10.5 Å². The maximum atomic E-state index is 12.9. The summed E-state index contributed by atoms with van der Waals surface area (Å²) in [5.41, 5.74) is 9.68. The van der Waals surface area contributed by atoms with E-state index in [9.17, 15) is 4.79 Å². The zero-order valence-electron chi connectivity index (χ0n) is 14.3. The summed E-state index contributed by atoms with van der Waals surface area (Å²) in [5, 5.41) is 0. The molecule has 9 nitrogen and oxygen atoms in total. The van der Waals surface area contributed by atoms with Crippen molar-refractivity contribution in [1.29, 1.82) is 0 Å². The third-order valence-electron chi connectivity index (χ3n) is 4.70. The number of carbonyl (C=O) groups excluding carboxylic acids is 1. The first kappa shape index (κ1) is 15.9. The molecule has 0 radical (unpaired) electrons. The van der Waals surface area contributed by atoms with Gasteiger partial charge in [-0.05, 0) is 12.1 Å². The van der Waals surface area contributed by atoms with Crippen LogP contribution in [0.25, 0.3) is 16.0 Å². The van der Waals surface area contributed by atoms with Crippen molar-refractivity contribution in [3.05, 3.63) is 41.8 Å². The van der Waals surface area contributed by atoms with Crippen LogP contribution in [0.5, 0.6) is 0 Å². The average Bonchev–Trinajstić information content (AvgIpc) is 3.33. The third-order valence-corrected chi connectivity index (χ3v) is 5.42. The normalized spacial score (nSPS) is 15.0. The molecule has 1 saturated heterocycles. The van der Waals surface area contributed by atoms with Crippen LogP contribution in [-0.2, 0) is 0 Å². The number of rotatable bonds is 2. The van der Waals surface area contributed by atoms with E-state index in [1.807, 2.05) is 33.7 Å². The molecule has 0 spiro atoms. The highest BCUT2D eigenvalue weighted by molar-refractivity contribution is 7.16. The highest BCUT2D eigenvalue weighted by atomic mass is 32.1. The average molecular weight is 380 g/mol. The fraction of sp³-hybridized carbons (Fsp3) is 0.235. The van der Waals surface area contributed by atoms with Crippen LogP contribution >= 0.6 is 11.3 Å². The van der Waals surface area contributed by atoms with Gasteiger partial charge in [-0.2, -0.15) is 4.98 Å². The molecule has 0 saturated carbocycles. The van der Waals surface area contributed by atoms with E-state index in [0.29, 0.717) is 31.9 Å². The second-order valence-electron chi connectivity index (χ2n) is 6.26. The maximum absolute atomic E-state index is 12.9. The minimum Gasteiger partial charge on any atom is -0.368 e. The molecule has 1 fully saturated rings. The molecule has 5 heterocycles. The number of nitrogens with two attached hydrogens (primary N) is 1. The summed E-state index contributed by atoms with van der Waals surface area (Å²) in [6, 6.07) is 5.68. The summed E-state index contributed by atoms with van der Waals surface area (Å²) in [5.74, 6) is 0.959. The van der Waals surface area contributed by atoms with Gasteiger partial charge in [0.25, 0.3) is 5.91 Å². The molecule has 1 amide bonds. The number of amides is 1. The molecule has 0 unspecified atom stereocenters. The lowest BCUT2D eigenvalue weighted by atomic mass is 10.2. The summed E-state index contributed by atoms with van der Waals surface area (Å²) < 4.78 is 1.82. The van der Waals surface area contributed by atoms with Crippen molar-refractivity contribution in [2.45, 2.75) is 0 Å². The number of fused-ring (bicyclic) bond motifs is 2. The number of hydrogen-bond donors (Lipinski definition) is 1. The minimum atomic E-state index is -0.0191. The Hall–Kier alpha value is -3.27. The predicted octanol–water partition coefficient (Wildman–Crippen LogP) is 1.28. The van der Waals surface area contributed by atoms with Gasteiger partial charge in [-0.25, -0.2) is 15.0 Å². The molecule has 0 aromatic carbocycles. The van der Waals surface area contributed by atoms with Crippen LogP contribution < -0.4 is 10.6 Å². The van der Waals surface area contributed by atoms with Gasteiger partial charge in [-0.15, -0.1) is 11.3 Å². The highest BCUT2D eigenvalue weighted by Crippen LogP contribution is 2.27. The van der Waals surface area contributed by atoms with Crippen molar-refractivity contribution in [2.24, 2.45) is 0 Å². The summed E-state index contributed by atoms with van der Waals surface area (Å²) in [4.78, 5) is 34.9. The summed E-state index contributed by atoms with van der Waals surface area (Å²) in [6.07, 6.45) is 3.49. The van der Waals surface area contributed by atoms with Gasteiger partial charge in [0, 0.05) is 32.4 Å². The number of thiazole rings is 1. The number of pyridine rings is 1. The molecule has 5 rings (SSSR count). The number of aromatic nitrogens is 5. The quantitative estimate of drug-likeness (QED) is 0.558. The molecule has 1 aliphatic rings. The number of carbonyl (C=O) groups is 1. The van der Waals surface area contributed by atoms with Crippen LogP contribution in [0.2, 0.25) is 0 Å². The van der Waals surface area contributed by atoms with Crippen molar-refractivity contribution in [1.82, 2.24) is 29.2 Å². The van der Waals surface area contributed by atoms with E-state index in [0.717, 1.165) is 21.8 Å². The Morgan fingerprint density at radius 1 is 1.11 bits per heavy atom. The van der Waals surface area contributed by atoms with E-state index in [-0.39, 0.29) is 11.9 Å². The van der Waals surface area contributed by atoms with Crippen molar-refractivity contribution in [3.8, 4) is 0 Å². The molecule has 1 aliphatic heterocycles. The van der Waals surface area contributed by atoms with Crippen molar-refractivity contribution in [3.63, 3.8) is 0 Å². The van der Waals surface area contributed by atoms with Gasteiger partial charge in [0.1, 0.15) is 16.9 Å². The van der Waals surface area contributed by atoms with Gasteiger partial charge >= 0.3 is 0 Å². The van der Waals surface area contributed by atoms with Crippen LogP contribution in [-0.4, -0.2) is 61.3 Å². The molecule has 136 valence electrons. The molecular weight excluding hydrogens is 364 g/mol. The fourth-order valence-electron chi connectivity index (χ4n) is 3.36. The number of anilines is 2. The van der Waals surface area contributed by atoms with Crippen molar-refractivity contribution in [2.75, 3.05) is 36.8 Å². The summed E-state index contributed by atoms with van der Waals surface area (Å²) in [7, 11) is 0. The number of piperazine rings is 1. The summed E-state index contributed by atoms with van der Waals surface area (Å²) >= 11 is 1.44. The van der Waals surface area contributed by atoms with E-state index in [1.54, 1.807) is 11.7 Å². The van der Waals surface area contributed by atoms with Gasteiger partial charge in [-0.1, -0.05) is 6.07 Å². The zero-order chi connectivity index (χ0) is 18.4. The Labute approximate surface area is 158 Å². The second-order valence-corrected chi connectivity index (χ2v) is 7.10. The van der Waals surface area contributed by atoms with Gasteiger partial charge in [0.2, 0.25) is 5.95 Å². The van der Waals surface area contributed by atoms with Crippen LogP contribution in [0.15, 0.2) is 36.1 Å². The minimum absolute atomic E-state index is 0.0191. The predicted molar refractivity (Wildman–Crippen MR) is 103 cm³/mol. The van der Waals surface area contributed by atoms with Crippen molar-refractivity contribution < 1.29 is 4.79 Å². The van der Waals surface area contributed by atoms with Gasteiger partial charge < -0.3 is 15.5 Å². The molecule has 0 aliphatic carbocycles. The van der Waals surface area contributed by atoms with E-state index in [4.69, 9.17) is 5.73 Å². The van der Waals surface area contributed by atoms with E-state index in [2.05, 4.69) is 24.8 Å². The zero-order valence-corrected chi connectivity index (χ0v) is 15.1. The first-order valence-electron chi connectivity index (χ1n) is 8.54. The molecule has 0 atom stereocenters. The van der Waals surface area contributed by atoms with Crippen LogP contribution in [0, 0.1) is 0 Å². The number of imidazole rings is 1. The SMILES string of the molecule is Nc1nc(N2CCN(C(=O)c3cnc4ccccn34)CC2)c2ncsc2n1. The highest BCUT2D eigenvalue weighted by Gasteiger charge is 2.26. The molecule has 10 heteroatoms. The topological polar surface area (TPSA) is 106 Å². The molecule has 27 heavy (non-hydrogen) atoms. The van der Waals surface area contributed by atoms with Gasteiger partial charge in [0.15, 0.2) is 10.6 Å². The Morgan fingerprint density at radius 3 is 2.81 bits per heavy atom. The lowest BCUT2D eigenvalue weighted by Crippen LogP contribution is -2.49.